The Balaban J connectivity index is 1.22. The molecule has 4 rings (SSSR count). The monoisotopic (exact) mass is 416 g/mol. The summed E-state index contributed by atoms with van der Waals surface area (Å²) < 4.78 is 24.8. The molecule has 1 aliphatic heterocycles. The topological polar surface area (TPSA) is 76.7 Å². The molecule has 8 heteroatoms. The van der Waals surface area contributed by atoms with E-state index < -0.39 is 5.79 Å². The minimum atomic E-state index is -0.529. The highest BCUT2D eigenvalue weighted by Crippen LogP contribution is 2.47. The highest BCUT2D eigenvalue weighted by atomic mass is 32.2. The number of nitrogens with one attached hydrogen (secondary N) is 2. The first-order valence-electron chi connectivity index (χ1n) is 9.46. The third kappa shape index (κ3) is 4.82. The molecule has 1 spiro atoms. The molecule has 0 saturated heterocycles. The summed E-state index contributed by atoms with van der Waals surface area (Å²) in [5.74, 6) is 0.254. The predicted octanol–water partition coefficient (Wildman–Crippen LogP) is 4.18. The lowest BCUT2D eigenvalue weighted by atomic mass is 10.2. The number of hydrogen-bond donors (Lipinski definition) is 2. The van der Waals surface area contributed by atoms with E-state index in [-0.39, 0.29) is 29.1 Å². The molecule has 152 valence electrons. The molecule has 6 nitrogen and oxygen atoms in total. The van der Waals surface area contributed by atoms with Crippen molar-refractivity contribution in [1.82, 2.24) is 0 Å². The van der Waals surface area contributed by atoms with Gasteiger partial charge in [0.2, 0.25) is 11.8 Å². The maximum Gasteiger partial charge on any atom is 0.251 e. The Morgan fingerprint density at radius 2 is 1.48 bits per heavy atom. The minimum absolute atomic E-state index is 0.119. The van der Waals surface area contributed by atoms with Gasteiger partial charge in [-0.2, -0.15) is 0 Å². The van der Waals surface area contributed by atoms with Gasteiger partial charge in [0.15, 0.2) is 11.5 Å². The van der Waals surface area contributed by atoms with E-state index in [2.05, 4.69) is 10.6 Å². The number of carbonyl (C=O) groups is 2. The first kappa shape index (κ1) is 19.6. The maximum atomic E-state index is 12.9. The molecule has 1 aliphatic carbocycles. The normalized spacial score (nSPS) is 16.0. The van der Waals surface area contributed by atoms with Crippen LogP contribution in [0.2, 0.25) is 0 Å². The fourth-order valence-corrected chi connectivity index (χ4v) is 4.07. The van der Waals surface area contributed by atoms with Gasteiger partial charge < -0.3 is 20.1 Å². The lowest BCUT2D eigenvalue weighted by Crippen LogP contribution is -2.34. The molecule has 1 fully saturated rings. The van der Waals surface area contributed by atoms with Crippen molar-refractivity contribution in [2.24, 2.45) is 0 Å². The van der Waals surface area contributed by atoms with Gasteiger partial charge in [0.25, 0.3) is 5.79 Å². The number of anilines is 2. The molecule has 1 saturated carbocycles. The Morgan fingerprint density at radius 3 is 2.17 bits per heavy atom. The molecule has 0 atom stereocenters. The van der Waals surface area contributed by atoms with Crippen molar-refractivity contribution in [1.29, 1.82) is 0 Å². The summed E-state index contributed by atoms with van der Waals surface area (Å²) >= 11 is 1.20. The summed E-state index contributed by atoms with van der Waals surface area (Å²) in [6.45, 7) is 0. The Hall–Kier alpha value is -2.74. The molecule has 2 aromatic rings. The fraction of sp³-hybridized carbons (Fsp3) is 0.333. The molecule has 1 heterocycles. The molecular formula is C21H21FN2O4S. The van der Waals surface area contributed by atoms with Crippen LogP contribution in [0.15, 0.2) is 42.5 Å². The van der Waals surface area contributed by atoms with Gasteiger partial charge in [0, 0.05) is 30.3 Å². The number of ether oxygens (including phenoxy) is 2. The van der Waals surface area contributed by atoms with E-state index in [9.17, 15) is 14.0 Å². The van der Waals surface area contributed by atoms with Gasteiger partial charge in [-0.05, 0) is 49.2 Å². The minimum Gasteiger partial charge on any atom is -0.448 e. The SMILES string of the molecule is O=C(CSCC(=O)Nc1ccc2c(c1)OC1(CCCC1)O2)Nc1ccc(F)cc1. The van der Waals surface area contributed by atoms with Crippen molar-refractivity contribution < 1.29 is 23.5 Å². The Bertz CT molecular complexity index is 913. The number of thioether (sulfide) groups is 1. The van der Waals surface area contributed by atoms with Crippen molar-refractivity contribution in [3.8, 4) is 11.5 Å². The second-order valence-corrected chi connectivity index (χ2v) is 8.07. The van der Waals surface area contributed by atoms with Gasteiger partial charge in [-0.15, -0.1) is 11.8 Å². The van der Waals surface area contributed by atoms with Gasteiger partial charge in [-0.1, -0.05) is 0 Å². The first-order valence-corrected chi connectivity index (χ1v) is 10.6. The molecule has 0 radical (unpaired) electrons. The zero-order valence-corrected chi connectivity index (χ0v) is 16.5. The third-order valence-corrected chi connectivity index (χ3v) is 5.71. The highest BCUT2D eigenvalue weighted by molar-refractivity contribution is 8.00. The zero-order chi connectivity index (χ0) is 20.3. The molecule has 0 unspecified atom stereocenters. The van der Waals surface area contributed by atoms with Crippen molar-refractivity contribution in [2.75, 3.05) is 22.1 Å². The summed E-state index contributed by atoms with van der Waals surface area (Å²) in [5, 5.41) is 5.47. The molecule has 2 N–H and O–H groups in total. The van der Waals surface area contributed by atoms with Gasteiger partial charge in [-0.25, -0.2) is 4.39 Å². The Labute approximate surface area is 172 Å². The van der Waals surface area contributed by atoms with Crippen LogP contribution < -0.4 is 20.1 Å². The van der Waals surface area contributed by atoms with Crippen LogP contribution in [-0.2, 0) is 9.59 Å². The Morgan fingerprint density at radius 1 is 0.897 bits per heavy atom. The summed E-state index contributed by atoms with van der Waals surface area (Å²) in [6, 6.07) is 10.9. The maximum absolute atomic E-state index is 12.9. The van der Waals surface area contributed by atoms with Crippen LogP contribution in [0.1, 0.15) is 25.7 Å². The van der Waals surface area contributed by atoms with Gasteiger partial charge in [0.05, 0.1) is 11.5 Å². The molecule has 2 aromatic carbocycles. The molecular weight excluding hydrogens is 395 g/mol. The number of amides is 2. The van der Waals surface area contributed by atoms with Crippen molar-refractivity contribution >= 4 is 35.0 Å². The smallest absolute Gasteiger partial charge is 0.251 e. The summed E-state index contributed by atoms with van der Waals surface area (Å²) in [7, 11) is 0. The van der Waals surface area contributed by atoms with Crippen molar-refractivity contribution in [3.05, 3.63) is 48.3 Å². The summed E-state index contributed by atoms with van der Waals surface area (Å²) in [4.78, 5) is 24.1. The quantitative estimate of drug-likeness (QED) is 0.739. The van der Waals surface area contributed by atoms with E-state index in [1.807, 2.05) is 0 Å². The number of hydrogen-bond acceptors (Lipinski definition) is 5. The van der Waals surface area contributed by atoms with E-state index in [1.165, 1.54) is 36.0 Å². The molecule has 2 amide bonds. The number of carbonyl (C=O) groups excluding carboxylic acids is 2. The average molecular weight is 416 g/mol. The summed E-state index contributed by atoms with van der Waals surface area (Å²) in [5.41, 5.74) is 1.14. The lowest BCUT2D eigenvalue weighted by molar-refractivity contribution is -0.114. The van der Waals surface area contributed by atoms with E-state index in [0.29, 0.717) is 22.9 Å². The van der Waals surface area contributed by atoms with Crippen LogP contribution in [0, 0.1) is 5.82 Å². The molecule has 0 aromatic heterocycles. The van der Waals surface area contributed by atoms with Gasteiger partial charge >= 0.3 is 0 Å². The van der Waals surface area contributed by atoms with Gasteiger partial charge in [0.1, 0.15) is 5.82 Å². The van der Waals surface area contributed by atoms with Crippen molar-refractivity contribution in [2.45, 2.75) is 31.5 Å². The Kier molecular flexibility index (Phi) is 5.62. The van der Waals surface area contributed by atoms with Crippen LogP contribution in [-0.4, -0.2) is 29.1 Å². The second kappa shape index (κ2) is 8.32. The van der Waals surface area contributed by atoms with E-state index in [4.69, 9.17) is 9.47 Å². The van der Waals surface area contributed by atoms with Crippen LogP contribution in [0.4, 0.5) is 15.8 Å². The number of fused-ring (bicyclic) bond motifs is 1. The van der Waals surface area contributed by atoms with E-state index in [1.54, 1.807) is 18.2 Å². The number of halogens is 1. The van der Waals surface area contributed by atoms with E-state index >= 15 is 0 Å². The van der Waals surface area contributed by atoms with Gasteiger partial charge in [-0.3, -0.25) is 9.59 Å². The molecule has 2 aliphatic rings. The van der Waals surface area contributed by atoms with Crippen molar-refractivity contribution in [3.63, 3.8) is 0 Å². The average Bonchev–Trinajstić information content (AvgIpc) is 3.29. The fourth-order valence-electron chi connectivity index (χ4n) is 3.45. The number of rotatable bonds is 6. The van der Waals surface area contributed by atoms with E-state index in [0.717, 1.165) is 25.7 Å². The number of benzene rings is 2. The van der Waals surface area contributed by atoms with Crippen LogP contribution >= 0.6 is 11.8 Å². The van der Waals surface area contributed by atoms with Crippen LogP contribution in [0.25, 0.3) is 0 Å². The molecule has 29 heavy (non-hydrogen) atoms. The lowest BCUT2D eigenvalue weighted by Gasteiger charge is -2.21. The standard InChI is InChI=1S/C21H21FN2O4S/c22-14-3-5-15(6-4-14)23-19(25)12-29-13-20(26)24-16-7-8-17-18(11-16)28-21(27-17)9-1-2-10-21/h3-8,11H,1-2,9-10,12-13H2,(H,23,25)(H,24,26). The third-order valence-electron chi connectivity index (χ3n) is 4.78. The largest absolute Gasteiger partial charge is 0.448 e. The summed E-state index contributed by atoms with van der Waals surface area (Å²) in [6.07, 6.45) is 3.92. The highest BCUT2D eigenvalue weighted by Gasteiger charge is 2.44. The second-order valence-electron chi connectivity index (χ2n) is 7.08. The molecule has 0 bridgehead atoms. The van der Waals surface area contributed by atoms with Crippen LogP contribution in [0.5, 0.6) is 11.5 Å². The first-order chi connectivity index (χ1) is 14.0. The zero-order valence-electron chi connectivity index (χ0n) is 15.7. The predicted molar refractivity (Wildman–Crippen MR) is 110 cm³/mol. The van der Waals surface area contributed by atoms with Crippen LogP contribution in [0.3, 0.4) is 0 Å².